The van der Waals surface area contributed by atoms with Gasteiger partial charge in [-0.25, -0.2) is 14.4 Å². The van der Waals surface area contributed by atoms with Gasteiger partial charge in [0.15, 0.2) is 22.6 Å². The van der Waals surface area contributed by atoms with Crippen molar-refractivity contribution in [2.24, 2.45) is 15.9 Å². The number of β-lactam (4-membered cyclic amide) rings is 1. The van der Waals surface area contributed by atoms with E-state index in [2.05, 4.69) is 36.2 Å². The van der Waals surface area contributed by atoms with E-state index in [4.69, 9.17) is 16.3 Å². The molecule has 0 bridgehead atoms. The number of nitrogens with zero attached hydrogens (tertiary/aromatic N) is 5. The van der Waals surface area contributed by atoms with Crippen LogP contribution >= 0.6 is 23.7 Å². The van der Waals surface area contributed by atoms with Gasteiger partial charge in [-0.05, 0) is 42.4 Å². The highest BCUT2D eigenvalue weighted by Gasteiger charge is 2.54. The van der Waals surface area contributed by atoms with Crippen LogP contribution in [0.15, 0.2) is 46.1 Å². The number of hydrogen-bond acceptors (Lipinski definition) is 14. The van der Waals surface area contributed by atoms with Gasteiger partial charge in [0.25, 0.3) is 24.0 Å². The molecule has 46 heavy (non-hydrogen) atoms. The van der Waals surface area contributed by atoms with Crippen LogP contribution in [0.4, 0.5) is 11.5 Å². The van der Waals surface area contributed by atoms with E-state index in [1.165, 1.54) is 18.1 Å². The zero-order valence-electron chi connectivity index (χ0n) is 25.1. The van der Waals surface area contributed by atoms with Gasteiger partial charge in [0.2, 0.25) is 11.6 Å². The molecular formula is C26H37N11O7S2+2. The summed E-state index contributed by atoms with van der Waals surface area (Å²) in [5.41, 5.74) is 13.8. The molecule has 12 N–H and O–H groups in total. The average molecular weight is 680 g/mol. The maximum atomic E-state index is 13.3. The number of aromatic nitrogens is 2. The third-order valence-electron chi connectivity index (χ3n) is 6.70. The van der Waals surface area contributed by atoms with Crippen molar-refractivity contribution in [3.8, 4) is 0 Å². The fourth-order valence-corrected chi connectivity index (χ4v) is 6.12. The number of amides is 3. The molecule has 4 heterocycles. The Morgan fingerprint density at radius 1 is 1.39 bits per heavy atom. The number of aliphatic imine (C=N–C) groups is 1. The minimum absolute atomic E-state index is 0.0277. The summed E-state index contributed by atoms with van der Waals surface area (Å²) in [6.07, 6.45) is 7.33. The number of aliphatic hydroxyl groups excluding tert-OH is 1. The molecule has 0 saturated carbocycles. The van der Waals surface area contributed by atoms with Gasteiger partial charge in [0.1, 0.15) is 29.9 Å². The monoisotopic (exact) mass is 679 g/mol. The number of carboxylic acid groups (broad SMARTS) is 1. The van der Waals surface area contributed by atoms with E-state index in [0.29, 0.717) is 30.6 Å². The molecule has 3 aliphatic rings. The molecule has 1 fully saturated rings. The Hall–Kier alpha value is -4.24. The molecule has 3 atom stereocenters. The predicted octanol–water partition coefficient (Wildman–Crippen LogP) is -2.76. The van der Waals surface area contributed by atoms with Crippen LogP contribution < -0.4 is 37.1 Å². The minimum Gasteiger partial charge on any atom is -0.477 e. The van der Waals surface area contributed by atoms with Crippen molar-refractivity contribution < 1.29 is 44.5 Å². The maximum Gasteiger partial charge on any atom is 0.352 e. The average Bonchev–Trinajstić information content (AvgIpc) is 3.45. The van der Waals surface area contributed by atoms with Crippen molar-refractivity contribution >= 4 is 70.5 Å². The molecule has 18 nitrogen and oxygen atoms in total. The summed E-state index contributed by atoms with van der Waals surface area (Å²) in [6.45, 7) is 3.63. The quantitative estimate of drug-likeness (QED) is 0.0326. The second-order valence-corrected chi connectivity index (χ2v) is 12.9. The molecule has 4 rings (SSSR count). The Morgan fingerprint density at radius 3 is 2.80 bits per heavy atom. The van der Waals surface area contributed by atoms with Crippen molar-refractivity contribution in [3.63, 3.8) is 0 Å². The normalized spacial score (nSPS) is 21.4. The van der Waals surface area contributed by atoms with Crippen LogP contribution in [-0.4, -0.2) is 96.8 Å². The first kappa shape index (κ1) is 34.6. The molecule has 1 aromatic heterocycles. The number of nitrogens with two attached hydrogens (primary N) is 2. The van der Waals surface area contributed by atoms with Gasteiger partial charge in [-0.1, -0.05) is 11.2 Å². The number of aliphatic hydroxyl groups is 1. The summed E-state index contributed by atoms with van der Waals surface area (Å²) in [7, 11) is 0. The minimum atomic E-state index is -1.30. The zero-order chi connectivity index (χ0) is 33.6. The number of quaternary nitrogens is 1. The number of carbonyl (C=O) groups excluding carboxylic acids is 3. The third kappa shape index (κ3) is 8.12. The first-order valence-electron chi connectivity index (χ1n) is 14.1. The van der Waals surface area contributed by atoms with Gasteiger partial charge in [-0.2, -0.15) is 0 Å². The van der Waals surface area contributed by atoms with E-state index in [-0.39, 0.29) is 47.9 Å². The van der Waals surface area contributed by atoms with Crippen LogP contribution in [0.3, 0.4) is 0 Å². The number of carbonyl (C=O) groups is 4. The van der Waals surface area contributed by atoms with Gasteiger partial charge >= 0.3 is 5.97 Å². The van der Waals surface area contributed by atoms with Crippen LogP contribution in [-0.2, 0) is 30.6 Å². The van der Waals surface area contributed by atoms with Crippen molar-refractivity contribution in [3.05, 3.63) is 35.9 Å². The van der Waals surface area contributed by atoms with Crippen LogP contribution in [0.1, 0.15) is 26.7 Å². The smallest absolute Gasteiger partial charge is 0.352 e. The summed E-state index contributed by atoms with van der Waals surface area (Å²) in [6, 6.07) is -1.05. The van der Waals surface area contributed by atoms with Crippen molar-refractivity contribution in [1.82, 2.24) is 19.9 Å². The Balaban J connectivity index is 1.46. The number of carboxylic acids is 1. The molecule has 248 valence electrons. The van der Waals surface area contributed by atoms with Gasteiger partial charge in [0, 0.05) is 18.6 Å². The fourth-order valence-electron chi connectivity index (χ4n) is 4.26. The lowest BCUT2D eigenvalue weighted by Gasteiger charge is -2.49. The first-order valence-corrected chi connectivity index (χ1v) is 16.0. The van der Waals surface area contributed by atoms with E-state index in [0.717, 1.165) is 16.8 Å². The molecule has 20 heteroatoms. The van der Waals surface area contributed by atoms with Crippen molar-refractivity contribution in [1.29, 1.82) is 0 Å². The highest BCUT2D eigenvalue weighted by Crippen LogP contribution is 2.40. The second kappa shape index (κ2) is 14.9. The number of amidine groups is 1. The number of oxime groups is 1. The van der Waals surface area contributed by atoms with Crippen LogP contribution in [0, 0.1) is 0 Å². The highest BCUT2D eigenvalue weighted by atomic mass is 32.2. The maximum absolute atomic E-state index is 13.3. The SMILES string of the molecule is CC(C)(CO)O/N=C(\C(=O)N[C@@H]1C(=O)N2C(C(=O)O)=C(/C=C/C[n+]3cnc(N)c(NC(=O)CCC[NH3+])c3)CSC12)C1=NC(N)SN1. The second-order valence-electron chi connectivity index (χ2n) is 10.9. The van der Waals surface area contributed by atoms with E-state index in [1.807, 2.05) is 0 Å². The third-order valence-corrected chi connectivity index (χ3v) is 8.66. The molecule has 0 spiro atoms. The van der Waals surface area contributed by atoms with E-state index in [9.17, 15) is 29.4 Å². The summed E-state index contributed by atoms with van der Waals surface area (Å²) in [4.78, 5) is 65.5. The lowest BCUT2D eigenvalue weighted by molar-refractivity contribution is -0.689. The standard InChI is InChI=1S/C26H35N11O7S2/c1-26(2,11-38)44-34-16(20-33-25(29)46-35-20)21(40)32-17-22(41)37-18(24(42)43)13(10-45-23(17)37)5-4-8-36-9-14(19(28)30-12-36)31-15(39)6-3-7-27/h4-5,9,12,17,23,25,28,38H,3,6-8,10-11,27,29H2,1-2H3,(H4,31,32,33,35,39,40,42,43)/p+2/b5-4+,34-16-/t17-,23?,25?/m1/s1. The van der Waals surface area contributed by atoms with E-state index >= 15 is 0 Å². The molecule has 3 amide bonds. The molecule has 2 unspecified atom stereocenters. The summed E-state index contributed by atoms with van der Waals surface area (Å²) >= 11 is 2.32. The van der Waals surface area contributed by atoms with Gasteiger partial charge in [0.05, 0.1) is 13.2 Å². The molecule has 1 aromatic rings. The van der Waals surface area contributed by atoms with Crippen LogP contribution in [0.2, 0.25) is 0 Å². The number of fused-ring (bicyclic) bond motifs is 1. The van der Waals surface area contributed by atoms with Crippen LogP contribution in [0.5, 0.6) is 0 Å². The number of nitrogens with one attached hydrogen (secondary N) is 3. The first-order chi connectivity index (χ1) is 21.8. The number of anilines is 2. The highest BCUT2D eigenvalue weighted by molar-refractivity contribution is 8.00. The van der Waals surface area contributed by atoms with Gasteiger partial charge in [-0.15, -0.1) is 11.8 Å². The zero-order valence-corrected chi connectivity index (χ0v) is 26.8. The Morgan fingerprint density at radius 2 is 2.15 bits per heavy atom. The molecule has 0 aromatic carbocycles. The van der Waals surface area contributed by atoms with Crippen molar-refractivity contribution in [2.45, 2.75) is 55.7 Å². The number of rotatable bonds is 14. The number of allylic oxidation sites excluding steroid dienone is 2. The van der Waals surface area contributed by atoms with Crippen molar-refractivity contribution in [2.75, 3.05) is 30.0 Å². The topological polar surface area (TPSA) is 278 Å². The Labute approximate surface area is 272 Å². The number of hydrogen-bond donors (Lipinski definition) is 8. The molecular weight excluding hydrogens is 642 g/mol. The fraction of sp³-hybridized carbons (Fsp3) is 0.462. The number of nitrogen functional groups attached to an aromatic ring is 1. The van der Waals surface area contributed by atoms with E-state index in [1.54, 1.807) is 36.8 Å². The lowest BCUT2D eigenvalue weighted by atomic mass is 10.0. The molecule has 3 aliphatic heterocycles. The Kier molecular flexibility index (Phi) is 11.2. The van der Waals surface area contributed by atoms with Gasteiger partial charge in [-0.3, -0.25) is 25.0 Å². The number of thioether (sulfide) groups is 1. The molecule has 0 radical (unpaired) electrons. The number of aliphatic carboxylic acids is 1. The largest absolute Gasteiger partial charge is 0.477 e. The summed E-state index contributed by atoms with van der Waals surface area (Å²) in [5.74, 6) is -2.50. The Bertz CT molecular complexity index is 1510. The lowest BCUT2D eigenvalue weighted by Crippen LogP contribution is -2.71. The van der Waals surface area contributed by atoms with Gasteiger partial charge < -0.3 is 41.9 Å². The molecule has 1 saturated heterocycles. The summed E-state index contributed by atoms with van der Waals surface area (Å²) in [5, 5.41) is 28.0. The van der Waals surface area contributed by atoms with Crippen LogP contribution in [0.25, 0.3) is 0 Å². The van der Waals surface area contributed by atoms with E-state index < -0.39 is 40.3 Å². The molecule has 0 aliphatic carbocycles. The predicted molar refractivity (Wildman–Crippen MR) is 169 cm³/mol. The summed E-state index contributed by atoms with van der Waals surface area (Å²) < 4.78 is 4.44.